The van der Waals surface area contributed by atoms with Crippen LogP contribution in [0.2, 0.25) is 0 Å². The fourth-order valence-electron chi connectivity index (χ4n) is 1.37. The third kappa shape index (κ3) is 3.77. The molecule has 3 nitrogen and oxygen atoms in total. The highest BCUT2D eigenvalue weighted by molar-refractivity contribution is 5.95. The molecule has 0 heterocycles. The summed E-state index contributed by atoms with van der Waals surface area (Å²) in [6.07, 6.45) is 3.91. The van der Waals surface area contributed by atoms with E-state index in [2.05, 4.69) is 6.58 Å². The maximum absolute atomic E-state index is 11.4. The Morgan fingerprint density at radius 2 is 2.11 bits per heavy atom. The summed E-state index contributed by atoms with van der Waals surface area (Å²) in [5.41, 5.74) is 1.51. The van der Waals surface area contributed by atoms with Crippen molar-refractivity contribution < 1.29 is 14.3 Å². The number of rotatable bonds is 6. The second-order valence-corrected chi connectivity index (χ2v) is 3.90. The zero-order chi connectivity index (χ0) is 13.5. The molecule has 18 heavy (non-hydrogen) atoms. The van der Waals surface area contributed by atoms with Crippen LogP contribution < -0.4 is 9.47 Å². The summed E-state index contributed by atoms with van der Waals surface area (Å²) in [5.74, 6) is 1.05. The van der Waals surface area contributed by atoms with Gasteiger partial charge in [-0.25, -0.2) is 0 Å². The van der Waals surface area contributed by atoms with E-state index in [-0.39, 0.29) is 12.4 Å². The van der Waals surface area contributed by atoms with Crippen LogP contribution in [0.3, 0.4) is 0 Å². The van der Waals surface area contributed by atoms with Gasteiger partial charge in [-0.05, 0) is 37.1 Å². The average Bonchev–Trinajstić information content (AvgIpc) is 2.36. The molecular weight excluding hydrogens is 228 g/mol. The van der Waals surface area contributed by atoms with Crippen LogP contribution in [-0.2, 0) is 4.79 Å². The maximum atomic E-state index is 11.4. The molecule has 3 heteroatoms. The summed E-state index contributed by atoms with van der Waals surface area (Å²) in [6, 6.07) is 5.56. The summed E-state index contributed by atoms with van der Waals surface area (Å²) >= 11 is 0. The van der Waals surface area contributed by atoms with Gasteiger partial charge in [-0.3, -0.25) is 4.79 Å². The number of hydrogen-bond donors (Lipinski definition) is 0. The number of allylic oxidation sites excluding steroid dienone is 1. The molecule has 0 aromatic heterocycles. The molecule has 0 aliphatic heterocycles. The van der Waals surface area contributed by atoms with Gasteiger partial charge in [-0.2, -0.15) is 0 Å². The Hall–Kier alpha value is -2.03. The van der Waals surface area contributed by atoms with E-state index < -0.39 is 0 Å². The molecule has 0 fully saturated rings. The lowest BCUT2D eigenvalue weighted by Crippen LogP contribution is -2.12. The Labute approximate surface area is 108 Å². The molecule has 0 N–H and O–H groups in total. The molecule has 1 aromatic carbocycles. The Kier molecular flexibility index (Phi) is 5.18. The number of ketones is 1. The van der Waals surface area contributed by atoms with E-state index in [0.717, 1.165) is 5.56 Å². The highest BCUT2D eigenvalue weighted by Crippen LogP contribution is 2.28. The van der Waals surface area contributed by atoms with Crippen molar-refractivity contribution in [3.63, 3.8) is 0 Å². The maximum Gasteiger partial charge on any atom is 0.195 e. The fraction of sp³-hybridized carbons (Fsp3) is 0.267. The zero-order valence-electron chi connectivity index (χ0n) is 11.0. The smallest absolute Gasteiger partial charge is 0.195 e. The first-order valence-electron chi connectivity index (χ1n) is 5.70. The third-order valence-corrected chi connectivity index (χ3v) is 2.38. The van der Waals surface area contributed by atoms with Gasteiger partial charge in [0.1, 0.15) is 0 Å². The highest BCUT2D eigenvalue weighted by Gasteiger charge is 2.08. The highest BCUT2D eigenvalue weighted by atomic mass is 16.5. The fourth-order valence-corrected chi connectivity index (χ4v) is 1.37. The van der Waals surface area contributed by atoms with Gasteiger partial charge in [0.2, 0.25) is 0 Å². The van der Waals surface area contributed by atoms with Crippen LogP contribution in [0.1, 0.15) is 19.4 Å². The Morgan fingerprint density at radius 3 is 2.67 bits per heavy atom. The molecule has 96 valence electrons. The first kappa shape index (κ1) is 14.0. The molecule has 0 bridgehead atoms. The molecule has 0 aliphatic carbocycles. The Morgan fingerprint density at radius 1 is 1.39 bits per heavy atom. The number of hydrogen-bond acceptors (Lipinski definition) is 3. The van der Waals surface area contributed by atoms with Crippen molar-refractivity contribution in [3.8, 4) is 11.5 Å². The van der Waals surface area contributed by atoms with Gasteiger partial charge in [0, 0.05) is 0 Å². The van der Waals surface area contributed by atoms with E-state index in [9.17, 15) is 4.79 Å². The van der Waals surface area contributed by atoms with Gasteiger partial charge in [0.05, 0.1) is 7.11 Å². The summed E-state index contributed by atoms with van der Waals surface area (Å²) in [6.45, 7) is 7.17. The van der Waals surface area contributed by atoms with Gasteiger partial charge in [-0.1, -0.05) is 24.8 Å². The SMILES string of the molecule is C=C(C)C(=O)COc1ccc(/C=C/C)cc1OC. The molecule has 0 atom stereocenters. The van der Waals surface area contributed by atoms with Gasteiger partial charge in [0.15, 0.2) is 23.9 Å². The lowest BCUT2D eigenvalue weighted by atomic mass is 10.2. The van der Waals surface area contributed by atoms with Crippen LogP contribution in [0.4, 0.5) is 0 Å². The molecule has 0 aliphatic rings. The van der Waals surface area contributed by atoms with E-state index in [0.29, 0.717) is 17.1 Å². The minimum Gasteiger partial charge on any atom is -0.493 e. The predicted octanol–water partition coefficient (Wildman–Crippen LogP) is 3.25. The minimum atomic E-state index is -0.116. The first-order chi connectivity index (χ1) is 8.58. The van der Waals surface area contributed by atoms with Crippen LogP contribution in [-0.4, -0.2) is 19.5 Å². The molecule has 0 saturated heterocycles. The quantitative estimate of drug-likeness (QED) is 0.723. The van der Waals surface area contributed by atoms with Crippen LogP contribution >= 0.6 is 0 Å². The van der Waals surface area contributed by atoms with Crippen LogP contribution in [0, 0.1) is 0 Å². The van der Waals surface area contributed by atoms with Crippen LogP contribution in [0.25, 0.3) is 6.08 Å². The summed E-state index contributed by atoms with van der Waals surface area (Å²) < 4.78 is 10.7. The van der Waals surface area contributed by atoms with Crippen molar-refractivity contribution in [1.29, 1.82) is 0 Å². The van der Waals surface area contributed by atoms with Crippen molar-refractivity contribution in [2.75, 3.05) is 13.7 Å². The van der Waals surface area contributed by atoms with E-state index in [1.807, 2.05) is 31.2 Å². The molecule has 0 amide bonds. The number of ether oxygens (including phenoxy) is 2. The van der Waals surface area contributed by atoms with E-state index in [1.54, 1.807) is 20.1 Å². The molecule has 1 aromatic rings. The average molecular weight is 246 g/mol. The number of carbonyl (C=O) groups excluding carboxylic acids is 1. The lowest BCUT2D eigenvalue weighted by Gasteiger charge is -2.10. The van der Waals surface area contributed by atoms with Crippen molar-refractivity contribution in [1.82, 2.24) is 0 Å². The molecule has 1 rings (SSSR count). The zero-order valence-corrected chi connectivity index (χ0v) is 11.0. The minimum absolute atomic E-state index is 0.0192. The summed E-state index contributed by atoms with van der Waals surface area (Å²) in [7, 11) is 1.57. The number of benzene rings is 1. The van der Waals surface area contributed by atoms with Crippen molar-refractivity contribution in [3.05, 3.63) is 42.0 Å². The summed E-state index contributed by atoms with van der Waals surface area (Å²) in [5, 5.41) is 0. The van der Waals surface area contributed by atoms with Gasteiger partial charge >= 0.3 is 0 Å². The second kappa shape index (κ2) is 6.64. The third-order valence-electron chi connectivity index (χ3n) is 2.38. The van der Waals surface area contributed by atoms with Crippen molar-refractivity contribution >= 4 is 11.9 Å². The number of carbonyl (C=O) groups is 1. The normalized spacial score (nSPS) is 10.4. The van der Waals surface area contributed by atoms with Crippen molar-refractivity contribution in [2.45, 2.75) is 13.8 Å². The lowest BCUT2D eigenvalue weighted by molar-refractivity contribution is -0.117. The van der Waals surface area contributed by atoms with Crippen molar-refractivity contribution in [2.24, 2.45) is 0 Å². The molecular formula is C15H18O3. The molecule has 0 saturated carbocycles. The topological polar surface area (TPSA) is 35.5 Å². The molecule has 0 spiro atoms. The predicted molar refractivity (Wildman–Crippen MR) is 73.0 cm³/mol. The summed E-state index contributed by atoms with van der Waals surface area (Å²) in [4.78, 5) is 11.4. The molecule has 0 unspecified atom stereocenters. The Bertz CT molecular complexity index is 473. The standard InChI is InChI=1S/C15H18O3/c1-5-6-12-7-8-14(15(9-12)17-4)18-10-13(16)11(2)3/h5-9H,2,10H2,1,3-4H3/b6-5+. The monoisotopic (exact) mass is 246 g/mol. The second-order valence-electron chi connectivity index (χ2n) is 3.90. The number of Topliss-reactive ketones (excluding diaryl/α,β-unsaturated/α-hetero) is 1. The van der Waals surface area contributed by atoms with E-state index >= 15 is 0 Å². The van der Waals surface area contributed by atoms with Gasteiger partial charge in [0.25, 0.3) is 0 Å². The number of methoxy groups -OCH3 is 1. The van der Waals surface area contributed by atoms with E-state index in [1.165, 1.54) is 0 Å². The van der Waals surface area contributed by atoms with Crippen LogP contribution in [0.5, 0.6) is 11.5 Å². The molecule has 0 radical (unpaired) electrons. The van der Waals surface area contributed by atoms with Gasteiger partial charge < -0.3 is 9.47 Å². The van der Waals surface area contributed by atoms with Crippen LogP contribution in [0.15, 0.2) is 36.4 Å². The van der Waals surface area contributed by atoms with Gasteiger partial charge in [-0.15, -0.1) is 0 Å². The first-order valence-corrected chi connectivity index (χ1v) is 5.70. The van der Waals surface area contributed by atoms with E-state index in [4.69, 9.17) is 9.47 Å². The largest absolute Gasteiger partial charge is 0.493 e. The Balaban J connectivity index is 2.82.